The first-order chi connectivity index (χ1) is 10.6. The van der Waals surface area contributed by atoms with Crippen LogP contribution < -0.4 is 11.1 Å². The molecule has 3 rings (SSSR count). The van der Waals surface area contributed by atoms with Crippen molar-refractivity contribution >= 4 is 17.5 Å². The predicted octanol–water partition coefficient (Wildman–Crippen LogP) is 3.09. The van der Waals surface area contributed by atoms with Crippen molar-refractivity contribution < 1.29 is 4.79 Å². The van der Waals surface area contributed by atoms with Gasteiger partial charge in [0.15, 0.2) is 0 Å². The van der Waals surface area contributed by atoms with Crippen LogP contribution >= 0.6 is 11.6 Å². The number of carbonyl (C=O) groups is 1. The summed E-state index contributed by atoms with van der Waals surface area (Å²) in [5.74, 6) is -0.362. The van der Waals surface area contributed by atoms with E-state index in [0.717, 1.165) is 30.8 Å². The second kappa shape index (κ2) is 6.51. The van der Waals surface area contributed by atoms with E-state index in [4.69, 9.17) is 17.3 Å². The molecule has 114 valence electrons. The fourth-order valence-electron chi connectivity index (χ4n) is 2.95. The number of hydrogen-bond acceptors (Lipinski definition) is 2. The number of halogens is 1. The average molecular weight is 315 g/mol. The van der Waals surface area contributed by atoms with E-state index in [1.165, 1.54) is 16.7 Å². The number of benzene rings is 2. The van der Waals surface area contributed by atoms with Crippen LogP contribution in [0.15, 0.2) is 42.5 Å². The van der Waals surface area contributed by atoms with Crippen molar-refractivity contribution in [3.63, 3.8) is 0 Å². The van der Waals surface area contributed by atoms with E-state index in [1.54, 1.807) is 0 Å². The molecule has 1 unspecified atom stereocenters. The molecule has 0 bridgehead atoms. The lowest BCUT2D eigenvalue weighted by molar-refractivity contribution is 0.1000. The van der Waals surface area contributed by atoms with Crippen molar-refractivity contribution in [3.8, 4) is 0 Å². The molecule has 1 aliphatic rings. The second-order valence-electron chi connectivity index (χ2n) is 5.79. The van der Waals surface area contributed by atoms with E-state index < -0.39 is 0 Å². The molecule has 3 nitrogen and oxygen atoms in total. The standard InChI is InChI=1S/C18H19ClN2O/c19-16-6-1-12(2-7-16)11-21-17-8-5-13-3-4-14(18(20)22)9-15(13)10-17/h1-4,6-7,9,17,21H,5,8,10-11H2,(H2,20,22). The molecule has 0 fully saturated rings. The van der Waals surface area contributed by atoms with E-state index in [9.17, 15) is 4.79 Å². The Balaban J connectivity index is 1.64. The first-order valence-electron chi connectivity index (χ1n) is 7.51. The van der Waals surface area contributed by atoms with Gasteiger partial charge in [-0.25, -0.2) is 0 Å². The lowest BCUT2D eigenvalue weighted by Crippen LogP contribution is -2.34. The number of amides is 1. The maximum atomic E-state index is 11.3. The highest BCUT2D eigenvalue weighted by Crippen LogP contribution is 2.23. The van der Waals surface area contributed by atoms with E-state index in [0.29, 0.717) is 11.6 Å². The fourth-order valence-corrected chi connectivity index (χ4v) is 3.08. The molecule has 1 amide bonds. The van der Waals surface area contributed by atoms with Crippen LogP contribution in [0, 0.1) is 0 Å². The van der Waals surface area contributed by atoms with Crippen LogP contribution in [0.5, 0.6) is 0 Å². The van der Waals surface area contributed by atoms with E-state index in [1.807, 2.05) is 42.5 Å². The van der Waals surface area contributed by atoms with Gasteiger partial charge in [-0.15, -0.1) is 0 Å². The Morgan fingerprint density at radius 3 is 2.68 bits per heavy atom. The number of nitrogens with two attached hydrogens (primary N) is 1. The van der Waals surface area contributed by atoms with Gasteiger partial charge in [-0.3, -0.25) is 4.79 Å². The highest BCUT2D eigenvalue weighted by atomic mass is 35.5. The van der Waals surface area contributed by atoms with Gasteiger partial charge < -0.3 is 11.1 Å². The largest absolute Gasteiger partial charge is 0.366 e. The van der Waals surface area contributed by atoms with Gasteiger partial charge in [0.1, 0.15) is 0 Å². The molecule has 0 heterocycles. The third-order valence-electron chi connectivity index (χ3n) is 4.23. The van der Waals surface area contributed by atoms with Crippen LogP contribution in [-0.4, -0.2) is 11.9 Å². The zero-order valence-electron chi connectivity index (χ0n) is 12.3. The molecular formula is C18H19ClN2O. The summed E-state index contributed by atoms with van der Waals surface area (Å²) in [6.45, 7) is 0.826. The van der Waals surface area contributed by atoms with Gasteiger partial charge in [-0.1, -0.05) is 29.8 Å². The maximum Gasteiger partial charge on any atom is 0.248 e. The highest BCUT2D eigenvalue weighted by molar-refractivity contribution is 6.30. The molecule has 1 atom stereocenters. The van der Waals surface area contributed by atoms with Crippen LogP contribution in [0.2, 0.25) is 5.02 Å². The van der Waals surface area contributed by atoms with Gasteiger partial charge >= 0.3 is 0 Å². The van der Waals surface area contributed by atoms with E-state index in [2.05, 4.69) is 5.32 Å². The Hall–Kier alpha value is -1.84. The average Bonchev–Trinajstić information content (AvgIpc) is 2.53. The van der Waals surface area contributed by atoms with Gasteiger partial charge in [-0.2, -0.15) is 0 Å². The van der Waals surface area contributed by atoms with Crippen molar-refractivity contribution in [2.75, 3.05) is 0 Å². The number of primary amides is 1. The Morgan fingerprint density at radius 1 is 1.18 bits per heavy atom. The molecular weight excluding hydrogens is 296 g/mol. The molecule has 4 heteroatoms. The summed E-state index contributed by atoms with van der Waals surface area (Å²) in [4.78, 5) is 11.3. The topological polar surface area (TPSA) is 55.1 Å². The SMILES string of the molecule is NC(=O)c1ccc2c(c1)CC(NCc1ccc(Cl)cc1)CC2. The van der Waals surface area contributed by atoms with Gasteiger partial charge in [0.2, 0.25) is 5.91 Å². The van der Waals surface area contributed by atoms with Gasteiger partial charge in [0, 0.05) is 23.2 Å². The van der Waals surface area contributed by atoms with Crippen molar-refractivity contribution in [2.24, 2.45) is 5.73 Å². The number of rotatable bonds is 4. The quantitative estimate of drug-likeness (QED) is 0.911. The van der Waals surface area contributed by atoms with Crippen molar-refractivity contribution in [3.05, 3.63) is 69.7 Å². The molecule has 0 saturated carbocycles. The number of nitrogens with one attached hydrogen (secondary N) is 1. The van der Waals surface area contributed by atoms with Crippen LogP contribution in [0.4, 0.5) is 0 Å². The third kappa shape index (κ3) is 3.49. The van der Waals surface area contributed by atoms with Gasteiger partial charge in [-0.05, 0) is 60.2 Å². The molecule has 1 aliphatic carbocycles. The Bertz CT molecular complexity index is 682. The number of aryl methyl sites for hydroxylation is 1. The lowest BCUT2D eigenvalue weighted by atomic mass is 9.87. The fraction of sp³-hybridized carbons (Fsp3) is 0.278. The van der Waals surface area contributed by atoms with Crippen molar-refractivity contribution in [1.82, 2.24) is 5.32 Å². The third-order valence-corrected chi connectivity index (χ3v) is 4.48. The maximum absolute atomic E-state index is 11.3. The summed E-state index contributed by atoms with van der Waals surface area (Å²) in [5, 5.41) is 4.35. The molecule has 0 aromatic heterocycles. The van der Waals surface area contributed by atoms with E-state index >= 15 is 0 Å². The summed E-state index contributed by atoms with van der Waals surface area (Å²) in [6, 6.07) is 14.1. The first kappa shape index (κ1) is 15.1. The summed E-state index contributed by atoms with van der Waals surface area (Å²) in [7, 11) is 0. The molecule has 3 N–H and O–H groups in total. The van der Waals surface area contributed by atoms with Gasteiger partial charge in [0.25, 0.3) is 0 Å². The zero-order valence-corrected chi connectivity index (χ0v) is 13.1. The van der Waals surface area contributed by atoms with Crippen LogP contribution in [0.3, 0.4) is 0 Å². The van der Waals surface area contributed by atoms with Crippen LogP contribution in [0.1, 0.15) is 33.5 Å². The summed E-state index contributed by atoms with van der Waals surface area (Å²) >= 11 is 5.90. The van der Waals surface area contributed by atoms with Crippen LogP contribution in [0.25, 0.3) is 0 Å². The second-order valence-corrected chi connectivity index (χ2v) is 6.23. The first-order valence-corrected chi connectivity index (χ1v) is 7.89. The summed E-state index contributed by atoms with van der Waals surface area (Å²) in [5.41, 5.74) is 9.74. The van der Waals surface area contributed by atoms with Crippen molar-refractivity contribution in [1.29, 1.82) is 0 Å². The lowest BCUT2D eigenvalue weighted by Gasteiger charge is -2.26. The summed E-state index contributed by atoms with van der Waals surface area (Å²) in [6.07, 6.45) is 3.08. The molecule has 2 aromatic carbocycles. The Morgan fingerprint density at radius 2 is 1.95 bits per heavy atom. The minimum atomic E-state index is -0.362. The van der Waals surface area contributed by atoms with Crippen molar-refractivity contribution in [2.45, 2.75) is 31.8 Å². The predicted molar refractivity (Wildman–Crippen MR) is 89.1 cm³/mol. The molecule has 22 heavy (non-hydrogen) atoms. The monoisotopic (exact) mass is 314 g/mol. The van der Waals surface area contributed by atoms with E-state index in [-0.39, 0.29) is 5.91 Å². The molecule has 2 aromatic rings. The smallest absolute Gasteiger partial charge is 0.248 e. The zero-order chi connectivity index (χ0) is 15.5. The van der Waals surface area contributed by atoms with Crippen LogP contribution in [-0.2, 0) is 19.4 Å². The Kier molecular flexibility index (Phi) is 4.46. The Labute approximate surface area is 135 Å². The molecule has 0 saturated heterocycles. The highest BCUT2D eigenvalue weighted by Gasteiger charge is 2.19. The van der Waals surface area contributed by atoms with Gasteiger partial charge in [0.05, 0.1) is 0 Å². The minimum absolute atomic E-state index is 0.362. The molecule has 0 spiro atoms. The molecule has 0 radical (unpaired) electrons. The number of carbonyl (C=O) groups excluding carboxylic acids is 1. The number of hydrogen-bond donors (Lipinski definition) is 2. The molecule has 0 aliphatic heterocycles. The normalized spacial score (nSPS) is 17.0. The summed E-state index contributed by atoms with van der Waals surface area (Å²) < 4.78 is 0. The minimum Gasteiger partial charge on any atom is -0.366 e. The number of fused-ring (bicyclic) bond motifs is 1.